The quantitative estimate of drug-likeness (QED) is 0.319. The molecule has 34 heavy (non-hydrogen) atoms. The van der Waals surface area contributed by atoms with Crippen molar-refractivity contribution in [3.63, 3.8) is 0 Å². The summed E-state index contributed by atoms with van der Waals surface area (Å²) >= 11 is 0.987. The van der Waals surface area contributed by atoms with Crippen LogP contribution in [0.25, 0.3) is 5.69 Å². The van der Waals surface area contributed by atoms with Gasteiger partial charge in [0, 0.05) is 18.8 Å². The van der Waals surface area contributed by atoms with Crippen molar-refractivity contribution in [2.75, 3.05) is 13.1 Å². The lowest BCUT2D eigenvalue weighted by atomic mass is 10.2. The van der Waals surface area contributed by atoms with Crippen molar-refractivity contribution >= 4 is 28.9 Å². The molecule has 0 spiro atoms. The second kappa shape index (κ2) is 9.37. The number of carbonyl (C=O) groups is 2. The molecule has 1 aliphatic rings. The lowest BCUT2D eigenvalue weighted by molar-refractivity contribution is 0.0572. The summed E-state index contributed by atoms with van der Waals surface area (Å²) in [7, 11) is 0. The van der Waals surface area contributed by atoms with E-state index >= 15 is 0 Å². The molecule has 4 N–H and O–H groups in total. The Labute approximate surface area is 199 Å². The molecule has 178 valence electrons. The Morgan fingerprint density at radius 1 is 1.06 bits per heavy atom. The molecular weight excluding hydrogens is 458 g/mol. The number of aliphatic hydroxyl groups is 2. The van der Waals surface area contributed by atoms with Crippen molar-refractivity contribution < 1.29 is 19.8 Å². The van der Waals surface area contributed by atoms with Crippen molar-refractivity contribution in [3.8, 4) is 5.69 Å². The lowest BCUT2D eigenvalue weighted by Gasteiger charge is -2.13. The summed E-state index contributed by atoms with van der Waals surface area (Å²) in [4.78, 5) is 40.0. The van der Waals surface area contributed by atoms with Gasteiger partial charge in [-0.1, -0.05) is 17.7 Å². The third kappa shape index (κ3) is 4.58. The number of aliphatic hydroxyl groups excluding tert-OH is 2. The number of hydrazone groups is 1. The van der Waals surface area contributed by atoms with E-state index < -0.39 is 18.1 Å². The number of aromatic nitrogens is 2. The minimum Gasteiger partial charge on any atom is -0.388 e. The Morgan fingerprint density at radius 2 is 1.68 bits per heavy atom. The number of thiophene rings is 1. The highest BCUT2D eigenvalue weighted by Crippen LogP contribution is 2.21. The number of benzene rings is 1. The first-order chi connectivity index (χ1) is 16.2. The summed E-state index contributed by atoms with van der Waals surface area (Å²) in [6, 6.07) is 10.5. The monoisotopic (exact) mass is 483 g/mol. The number of aromatic amines is 1. The second-order valence-electron chi connectivity index (χ2n) is 8.23. The Hall–Kier alpha value is -3.54. The van der Waals surface area contributed by atoms with E-state index in [9.17, 15) is 24.6 Å². The molecule has 3 aromatic rings. The van der Waals surface area contributed by atoms with Crippen molar-refractivity contribution in [1.82, 2.24) is 20.1 Å². The summed E-state index contributed by atoms with van der Waals surface area (Å²) in [5, 5.41) is 26.4. The number of H-pyrrole nitrogens is 1. The highest BCUT2D eigenvalue weighted by atomic mass is 32.1. The first-order valence-corrected chi connectivity index (χ1v) is 11.5. The maximum absolute atomic E-state index is 12.9. The number of likely N-dealkylation sites (tertiary alicyclic amines) is 1. The van der Waals surface area contributed by atoms with Crippen molar-refractivity contribution in [3.05, 3.63) is 73.3 Å². The van der Waals surface area contributed by atoms with E-state index in [0.29, 0.717) is 27.5 Å². The minimum absolute atomic E-state index is 0.0407. The van der Waals surface area contributed by atoms with Gasteiger partial charge in [-0.2, -0.15) is 5.10 Å². The van der Waals surface area contributed by atoms with Crippen LogP contribution in [0.5, 0.6) is 0 Å². The van der Waals surface area contributed by atoms with Gasteiger partial charge in [0.1, 0.15) is 0 Å². The van der Waals surface area contributed by atoms with E-state index in [1.807, 2.05) is 31.2 Å². The van der Waals surface area contributed by atoms with E-state index in [1.54, 1.807) is 13.8 Å². The molecular formula is C23H25N5O5S. The molecule has 11 heteroatoms. The molecule has 0 radical (unpaired) electrons. The third-order valence-electron chi connectivity index (χ3n) is 5.64. The summed E-state index contributed by atoms with van der Waals surface area (Å²) in [6.07, 6.45) is -1.95. The van der Waals surface area contributed by atoms with E-state index in [2.05, 4.69) is 15.6 Å². The highest BCUT2D eigenvalue weighted by Gasteiger charge is 2.33. The maximum atomic E-state index is 12.9. The number of rotatable bonds is 5. The van der Waals surface area contributed by atoms with Crippen LogP contribution < -0.4 is 11.0 Å². The van der Waals surface area contributed by atoms with E-state index in [0.717, 1.165) is 16.9 Å². The molecule has 1 aliphatic heterocycles. The summed E-state index contributed by atoms with van der Waals surface area (Å²) in [5.41, 5.74) is 5.23. The Balaban J connectivity index is 1.47. The number of hydrogen-bond acceptors (Lipinski definition) is 7. The summed E-state index contributed by atoms with van der Waals surface area (Å²) in [6.45, 7) is 5.43. The van der Waals surface area contributed by atoms with Crippen LogP contribution in [-0.4, -0.2) is 67.7 Å². The molecule has 2 aromatic heterocycles. The van der Waals surface area contributed by atoms with Gasteiger partial charge in [-0.3, -0.25) is 19.5 Å². The average Bonchev–Trinajstić information content (AvgIpc) is 3.50. The number of aryl methyl sites for hydroxylation is 2. The van der Waals surface area contributed by atoms with Crippen LogP contribution in [0.4, 0.5) is 0 Å². The molecule has 1 saturated heterocycles. The van der Waals surface area contributed by atoms with Gasteiger partial charge in [0.25, 0.3) is 17.4 Å². The number of nitrogens with zero attached hydrogens (tertiary/aromatic N) is 3. The lowest BCUT2D eigenvalue weighted by Crippen LogP contribution is -2.29. The Morgan fingerprint density at radius 3 is 2.32 bits per heavy atom. The summed E-state index contributed by atoms with van der Waals surface area (Å²) < 4.78 is 1.42. The number of β-amino-alcohol motifs (C(OH)–C–C–N with tert-alkyl or cyclic N) is 2. The van der Waals surface area contributed by atoms with Gasteiger partial charge in [-0.05, 0) is 45.0 Å². The molecule has 0 saturated carbocycles. The van der Waals surface area contributed by atoms with Gasteiger partial charge in [0.2, 0.25) is 0 Å². The van der Waals surface area contributed by atoms with Gasteiger partial charge in [-0.15, -0.1) is 11.3 Å². The molecule has 2 unspecified atom stereocenters. The molecule has 0 aliphatic carbocycles. The molecule has 3 heterocycles. The smallest absolute Gasteiger partial charge is 0.281 e. The van der Waals surface area contributed by atoms with Gasteiger partial charge < -0.3 is 15.1 Å². The van der Waals surface area contributed by atoms with Gasteiger partial charge in [-0.25, -0.2) is 10.1 Å². The first kappa shape index (κ1) is 23.6. The normalized spacial score (nSPS) is 18.4. The topological polar surface area (TPSA) is 140 Å². The molecule has 1 aromatic carbocycles. The number of hydrogen-bond donors (Lipinski definition) is 4. The van der Waals surface area contributed by atoms with Crippen molar-refractivity contribution in [1.29, 1.82) is 0 Å². The predicted molar refractivity (Wildman–Crippen MR) is 128 cm³/mol. The van der Waals surface area contributed by atoms with E-state index in [-0.39, 0.29) is 29.4 Å². The number of nitrogens with one attached hydrogen (secondary N) is 2. The van der Waals surface area contributed by atoms with Crippen LogP contribution in [0.2, 0.25) is 0 Å². The van der Waals surface area contributed by atoms with Crippen LogP contribution in [-0.2, 0) is 0 Å². The molecule has 4 rings (SSSR count). The first-order valence-electron chi connectivity index (χ1n) is 10.6. The average molecular weight is 484 g/mol. The zero-order chi connectivity index (χ0) is 24.6. The predicted octanol–water partition coefficient (Wildman–Crippen LogP) is 1.18. The minimum atomic E-state index is -0.975. The molecule has 2 amide bonds. The molecule has 10 nitrogen and oxygen atoms in total. The Kier molecular flexibility index (Phi) is 6.51. The number of amides is 2. The molecule has 1 fully saturated rings. The standard InChI is InChI=1S/C23H25N5O5S/c1-12-4-6-15(7-5-12)28-23(33)20(14(3)26-28)13(2)24-25-21(31)18-8-9-19(34-18)22(32)27-10-16(29)17(30)11-27/h4-9,16-17,26,29-30H,10-11H2,1-3H3,(H,25,31). The number of carbonyl (C=O) groups excluding carboxylic acids is 2. The van der Waals surface area contributed by atoms with Crippen molar-refractivity contribution in [2.24, 2.45) is 5.10 Å². The SMILES string of the molecule is CC(=NNC(=O)c1ccc(C(=O)N2CC(O)C(O)C2)s1)c1c(C)[nH]n(-c2ccc(C)cc2)c1=O. The Bertz CT molecular complexity index is 1310. The van der Waals surface area contributed by atoms with Crippen LogP contribution in [0.15, 0.2) is 46.3 Å². The van der Waals surface area contributed by atoms with Crippen LogP contribution >= 0.6 is 11.3 Å². The summed E-state index contributed by atoms with van der Waals surface area (Å²) in [5.74, 6) is -0.879. The highest BCUT2D eigenvalue weighted by molar-refractivity contribution is 7.15. The van der Waals surface area contributed by atoms with Crippen molar-refractivity contribution in [2.45, 2.75) is 33.0 Å². The zero-order valence-corrected chi connectivity index (χ0v) is 19.7. The fourth-order valence-corrected chi connectivity index (χ4v) is 4.62. The molecule has 2 atom stereocenters. The van der Waals surface area contributed by atoms with E-state index in [4.69, 9.17) is 0 Å². The fourth-order valence-electron chi connectivity index (χ4n) is 3.76. The fraction of sp³-hybridized carbons (Fsp3) is 0.304. The molecule has 0 bridgehead atoms. The van der Waals surface area contributed by atoms with Gasteiger partial charge in [0.05, 0.1) is 38.9 Å². The van der Waals surface area contributed by atoms with Crippen LogP contribution in [0, 0.1) is 13.8 Å². The largest absolute Gasteiger partial charge is 0.388 e. The van der Waals surface area contributed by atoms with Crippen LogP contribution in [0.3, 0.4) is 0 Å². The van der Waals surface area contributed by atoms with E-state index in [1.165, 1.54) is 21.7 Å². The second-order valence-corrected chi connectivity index (χ2v) is 9.32. The van der Waals surface area contributed by atoms with Gasteiger partial charge in [0.15, 0.2) is 0 Å². The zero-order valence-electron chi connectivity index (χ0n) is 18.9. The van der Waals surface area contributed by atoms with Crippen LogP contribution in [0.1, 0.15) is 43.1 Å². The maximum Gasteiger partial charge on any atom is 0.281 e. The third-order valence-corrected chi connectivity index (χ3v) is 6.71. The van der Waals surface area contributed by atoms with Gasteiger partial charge >= 0.3 is 0 Å².